The molecule has 6 heteroatoms. The predicted molar refractivity (Wildman–Crippen MR) is 58.9 cm³/mol. The van der Waals surface area contributed by atoms with E-state index in [0.29, 0.717) is 5.75 Å². The fourth-order valence-electron chi connectivity index (χ4n) is 1.62. The zero-order chi connectivity index (χ0) is 11.4. The SMILES string of the molecule is CCCC1SCC(C(=O)O)N1C(=O)NC. The van der Waals surface area contributed by atoms with Crippen molar-refractivity contribution in [3.05, 3.63) is 0 Å². The van der Waals surface area contributed by atoms with Crippen LogP contribution >= 0.6 is 11.8 Å². The molecule has 2 atom stereocenters. The largest absolute Gasteiger partial charge is 0.480 e. The first-order valence-corrected chi connectivity index (χ1v) is 6.01. The maximum absolute atomic E-state index is 11.6. The lowest BCUT2D eigenvalue weighted by Crippen LogP contribution is -2.49. The summed E-state index contributed by atoms with van der Waals surface area (Å²) in [6, 6.07) is -0.989. The third-order valence-corrected chi connectivity index (χ3v) is 3.72. The van der Waals surface area contributed by atoms with Crippen LogP contribution in [0.5, 0.6) is 0 Å². The van der Waals surface area contributed by atoms with Crippen LogP contribution in [-0.4, -0.2) is 46.2 Å². The molecule has 2 amide bonds. The van der Waals surface area contributed by atoms with E-state index in [4.69, 9.17) is 5.11 Å². The Bertz CT molecular complexity index is 260. The Kier molecular flexibility index (Phi) is 4.26. The van der Waals surface area contributed by atoms with Crippen LogP contribution in [0.15, 0.2) is 0 Å². The number of carboxylic acids is 1. The summed E-state index contributed by atoms with van der Waals surface area (Å²) in [5.74, 6) is -0.447. The normalized spacial score (nSPS) is 25.3. The van der Waals surface area contributed by atoms with Gasteiger partial charge in [0.05, 0.1) is 5.37 Å². The molecule has 1 saturated heterocycles. The molecule has 0 aromatic carbocycles. The minimum atomic E-state index is -0.926. The summed E-state index contributed by atoms with van der Waals surface area (Å²) in [5, 5.41) is 11.5. The van der Waals surface area contributed by atoms with Crippen molar-refractivity contribution < 1.29 is 14.7 Å². The molecule has 1 aliphatic rings. The molecular formula is C9H16N2O3S. The van der Waals surface area contributed by atoms with Gasteiger partial charge in [-0.2, -0.15) is 0 Å². The molecule has 0 aromatic heterocycles. The highest BCUT2D eigenvalue weighted by Crippen LogP contribution is 2.32. The van der Waals surface area contributed by atoms with Gasteiger partial charge in [0.25, 0.3) is 0 Å². The van der Waals surface area contributed by atoms with Crippen LogP contribution in [0.4, 0.5) is 4.79 Å². The first kappa shape index (κ1) is 12.2. The van der Waals surface area contributed by atoms with E-state index in [1.807, 2.05) is 6.92 Å². The Morgan fingerprint density at radius 3 is 2.73 bits per heavy atom. The van der Waals surface area contributed by atoms with Gasteiger partial charge < -0.3 is 10.4 Å². The molecule has 0 aromatic rings. The Balaban J connectivity index is 2.77. The van der Waals surface area contributed by atoms with E-state index in [9.17, 15) is 9.59 Å². The second-order valence-corrected chi connectivity index (χ2v) is 4.60. The second kappa shape index (κ2) is 5.25. The molecule has 0 spiro atoms. The second-order valence-electron chi connectivity index (χ2n) is 3.39. The minimum Gasteiger partial charge on any atom is -0.480 e. The molecule has 1 rings (SSSR count). The van der Waals surface area contributed by atoms with Crippen LogP contribution in [0.3, 0.4) is 0 Å². The van der Waals surface area contributed by atoms with Gasteiger partial charge in [-0.3, -0.25) is 4.90 Å². The van der Waals surface area contributed by atoms with E-state index < -0.39 is 12.0 Å². The summed E-state index contributed by atoms with van der Waals surface area (Å²) >= 11 is 1.54. The molecule has 0 radical (unpaired) electrons. The number of amides is 2. The Morgan fingerprint density at radius 1 is 1.60 bits per heavy atom. The summed E-state index contributed by atoms with van der Waals surface area (Å²) in [7, 11) is 1.52. The quantitative estimate of drug-likeness (QED) is 0.760. The monoisotopic (exact) mass is 232 g/mol. The number of hydrogen-bond acceptors (Lipinski definition) is 3. The van der Waals surface area contributed by atoms with Gasteiger partial charge in [-0.25, -0.2) is 9.59 Å². The third-order valence-electron chi connectivity index (χ3n) is 2.36. The van der Waals surface area contributed by atoms with Crippen molar-refractivity contribution in [2.75, 3.05) is 12.8 Å². The smallest absolute Gasteiger partial charge is 0.327 e. The molecule has 1 fully saturated rings. The summed E-state index contributed by atoms with van der Waals surface area (Å²) < 4.78 is 0. The topological polar surface area (TPSA) is 69.6 Å². The molecule has 0 aliphatic carbocycles. The van der Waals surface area contributed by atoms with Crippen molar-refractivity contribution in [3.8, 4) is 0 Å². The fourth-order valence-corrected chi connectivity index (χ4v) is 3.14. The number of rotatable bonds is 3. The van der Waals surface area contributed by atoms with E-state index in [1.165, 1.54) is 23.7 Å². The number of nitrogens with zero attached hydrogens (tertiary/aromatic N) is 1. The average molecular weight is 232 g/mol. The van der Waals surface area contributed by atoms with Crippen LogP contribution in [0, 0.1) is 0 Å². The van der Waals surface area contributed by atoms with E-state index in [0.717, 1.165) is 12.8 Å². The van der Waals surface area contributed by atoms with Gasteiger partial charge in [0.2, 0.25) is 0 Å². The van der Waals surface area contributed by atoms with Crippen LogP contribution in [0.25, 0.3) is 0 Å². The molecular weight excluding hydrogens is 216 g/mol. The highest BCUT2D eigenvalue weighted by Gasteiger charge is 2.40. The van der Waals surface area contributed by atoms with Crippen molar-refractivity contribution in [1.29, 1.82) is 0 Å². The molecule has 2 N–H and O–H groups in total. The van der Waals surface area contributed by atoms with Crippen molar-refractivity contribution in [2.24, 2.45) is 0 Å². The van der Waals surface area contributed by atoms with Crippen LogP contribution in [0.1, 0.15) is 19.8 Å². The molecule has 0 saturated carbocycles. The summed E-state index contributed by atoms with van der Waals surface area (Å²) in [6.45, 7) is 2.02. The average Bonchev–Trinajstić information content (AvgIpc) is 2.61. The van der Waals surface area contributed by atoms with Crippen molar-refractivity contribution in [2.45, 2.75) is 31.2 Å². The molecule has 15 heavy (non-hydrogen) atoms. The number of thioether (sulfide) groups is 1. The highest BCUT2D eigenvalue weighted by molar-refractivity contribution is 8.00. The Labute approximate surface area is 93.2 Å². The van der Waals surface area contributed by atoms with E-state index in [-0.39, 0.29) is 11.4 Å². The molecule has 0 bridgehead atoms. The zero-order valence-corrected chi connectivity index (χ0v) is 9.71. The van der Waals surface area contributed by atoms with Gasteiger partial charge in [-0.15, -0.1) is 11.8 Å². The van der Waals surface area contributed by atoms with Crippen molar-refractivity contribution in [3.63, 3.8) is 0 Å². The lowest BCUT2D eigenvalue weighted by atomic mass is 10.2. The van der Waals surface area contributed by atoms with Crippen LogP contribution in [0.2, 0.25) is 0 Å². The van der Waals surface area contributed by atoms with Gasteiger partial charge in [0.1, 0.15) is 6.04 Å². The highest BCUT2D eigenvalue weighted by atomic mass is 32.2. The molecule has 1 aliphatic heterocycles. The van der Waals surface area contributed by atoms with Crippen LogP contribution < -0.4 is 5.32 Å². The molecule has 2 unspecified atom stereocenters. The molecule has 5 nitrogen and oxygen atoms in total. The van der Waals surface area contributed by atoms with Gasteiger partial charge in [0.15, 0.2) is 0 Å². The molecule has 86 valence electrons. The summed E-state index contributed by atoms with van der Waals surface area (Å²) in [4.78, 5) is 23.9. The van der Waals surface area contributed by atoms with Crippen molar-refractivity contribution in [1.82, 2.24) is 10.2 Å². The zero-order valence-electron chi connectivity index (χ0n) is 8.90. The van der Waals surface area contributed by atoms with Crippen molar-refractivity contribution >= 4 is 23.8 Å². The van der Waals surface area contributed by atoms with Gasteiger partial charge in [0, 0.05) is 12.8 Å². The fraction of sp³-hybridized carbons (Fsp3) is 0.778. The third kappa shape index (κ3) is 2.56. The first-order chi connectivity index (χ1) is 7.11. The number of aliphatic carboxylic acids is 1. The minimum absolute atomic E-state index is 0.00366. The predicted octanol–water partition coefficient (Wildman–Crippen LogP) is 0.954. The van der Waals surface area contributed by atoms with E-state index in [1.54, 1.807) is 0 Å². The lowest BCUT2D eigenvalue weighted by Gasteiger charge is -2.26. The lowest BCUT2D eigenvalue weighted by molar-refractivity contribution is -0.141. The number of carbonyl (C=O) groups excluding carboxylic acids is 1. The van der Waals surface area contributed by atoms with E-state index >= 15 is 0 Å². The first-order valence-electron chi connectivity index (χ1n) is 4.96. The number of carbonyl (C=O) groups is 2. The number of nitrogens with one attached hydrogen (secondary N) is 1. The maximum atomic E-state index is 11.6. The summed E-state index contributed by atoms with van der Waals surface area (Å²) in [6.07, 6.45) is 1.78. The van der Waals surface area contributed by atoms with Gasteiger partial charge in [-0.1, -0.05) is 13.3 Å². The van der Waals surface area contributed by atoms with E-state index in [2.05, 4.69) is 5.32 Å². The summed E-state index contributed by atoms with van der Waals surface area (Å²) in [5.41, 5.74) is 0. The Morgan fingerprint density at radius 2 is 2.27 bits per heavy atom. The number of carboxylic acid groups (broad SMARTS) is 1. The maximum Gasteiger partial charge on any atom is 0.327 e. The van der Waals surface area contributed by atoms with Crippen LogP contribution in [-0.2, 0) is 4.79 Å². The standard InChI is InChI=1S/C9H16N2O3S/c1-3-4-7-11(9(14)10-2)6(5-15-7)8(12)13/h6-7H,3-5H2,1-2H3,(H,10,14)(H,12,13). The number of hydrogen-bond donors (Lipinski definition) is 2. The number of urea groups is 1. The molecule has 1 heterocycles. The Hall–Kier alpha value is -0.910. The van der Waals surface area contributed by atoms with Gasteiger partial charge >= 0.3 is 12.0 Å². The van der Waals surface area contributed by atoms with Gasteiger partial charge in [-0.05, 0) is 6.42 Å².